The molecule has 0 radical (unpaired) electrons. The summed E-state index contributed by atoms with van der Waals surface area (Å²) >= 11 is 0. The molecule has 1 aliphatic rings. The summed E-state index contributed by atoms with van der Waals surface area (Å²) in [7, 11) is 3.21. The lowest BCUT2D eigenvalue weighted by Crippen LogP contribution is -2.26. The molecule has 0 aliphatic carbocycles. The van der Waals surface area contributed by atoms with Crippen molar-refractivity contribution in [2.45, 2.75) is 6.54 Å². The molecule has 0 amide bonds. The Labute approximate surface area is 87.9 Å². The molecule has 0 spiro atoms. The first-order valence-corrected chi connectivity index (χ1v) is 4.56. The summed E-state index contributed by atoms with van der Waals surface area (Å²) in [5.74, 6) is 1.81. The number of ether oxygens (including phenoxy) is 2. The molecule has 5 nitrogen and oxygen atoms in total. The zero-order valence-electron chi connectivity index (χ0n) is 8.70. The number of rotatable bonds is 2. The van der Waals surface area contributed by atoms with Crippen LogP contribution in [0.5, 0.6) is 11.5 Å². The van der Waals surface area contributed by atoms with E-state index >= 15 is 0 Å². The van der Waals surface area contributed by atoms with Gasteiger partial charge in [0.15, 0.2) is 17.5 Å². The van der Waals surface area contributed by atoms with E-state index in [1.165, 1.54) is 0 Å². The van der Waals surface area contributed by atoms with Crippen LogP contribution >= 0.6 is 0 Å². The quantitative estimate of drug-likeness (QED) is 0.757. The highest BCUT2D eigenvalue weighted by Crippen LogP contribution is 2.34. The molecule has 3 N–H and O–H groups in total. The van der Waals surface area contributed by atoms with Crippen LogP contribution in [0.15, 0.2) is 17.1 Å². The van der Waals surface area contributed by atoms with Crippen LogP contribution in [0, 0.1) is 0 Å². The highest BCUT2D eigenvalue weighted by Gasteiger charge is 2.14. The number of benzene rings is 1. The summed E-state index contributed by atoms with van der Waals surface area (Å²) in [4.78, 5) is 4.09. The zero-order valence-corrected chi connectivity index (χ0v) is 8.70. The Bertz CT molecular complexity index is 415. The van der Waals surface area contributed by atoms with E-state index in [-0.39, 0.29) is 0 Å². The fourth-order valence-corrected chi connectivity index (χ4v) is 1.52. The van der Waals surface area contributed by atoms with Gasteiger partial charge in [0.2, 0.25) is 0 Å². The average Bonchev–Trinajstić information content (AvgIpc) is 2.27. The van der Waals surface area contributed by atoms with E-state index in [1.807, 2.05) is 12.1 Å². The van der Waals surface area contributed by atoms with Crippen molar-refractivity contribution < 1.29 is 9.47 Å². The summed E-state index contributed by atoms with van der Waals surface area (Å²) in [6.45, 7) is 0.564. The normalized spacial score (nSPS) is 13.6. The monoisotopic (exact) mass is 207 g/mol. The number of fused-ring (bicyclic) bond motifs is 1. The number of hydrogen-bond acceptors (Lipinski definition) is 5. The number of nitrogens with zero attached hydrogens (tertiary/aromatic N) is 1. The second kappa shape index (κ2) is 3.68. The molecular formula is C10H13N3O2. The fourth-order valence-electron chi connectivity index (χ4n) is 1.52. The molecule has 0 fully saturated rings. The molecule has 2 rings (SSSR count). The van der Waals surface area contributed by atoms with Gasteiger partial charge >= 0.3 is 0 Å². The van der Waals surface area contributed by atoms with Gasteiger partial charge in [-0.05, 0) is 6.07 Å². The summed E-state index contributed by atoms with van der Waals surface area (Å²) in [5.41, 5.74) is 7.54. The van der Waals surface area contributed by atoms with Crippen LogP contribution in [0.1, 0.15) is 5.56 Å². The minimum atomic E-state index is 0.426. The first kappa shape index (κ1) is 9.64. The van der Waals surface area contributed by atoms with E-state index in [0.717, 1.165) is 11.3 Å². The van der Waals surface area contributed by atoms with Crippen LogP contribution in [-0.2, 0) is 6.54 Å². The van der Waals surface area contributed by atoms with Crippen molar-refractivity contribution in [2.75, 3.05) is 19.5 Å². The molecule has 1 aliphatic heterocycles. The van der Waals surface area contributed by atoms with E-state index in [4.69, 9.17) is 15.2 Å². The summed E-state index contributed by atoms with van der Waals surface area (Å²) < 4.78 is 10.4. The minimum Gasteiger partial charge on any atom is -0.493 e. The molecule has 1 aromatic rings. The van der Waals surface area contributed by atoms with Crippen molar-refractivity contribution >= 4 is 11.6 Å². The van der Waals surface area contributed by atoms with Gasteiger partial charge in [-0.25, -0.2) is 4.99 Å². The molecule has 0 bridgehead atoms. The predicted molar refractivity (Wildman–Crippen MR) is 58.5 cm³/mol. The molecular weight excluding hydrogens is 194 g/mol. The van der Waals surface area contributed by atoms with Crippen molar-refractivity contribution in [3.8, 4) is 11.5 Å². The molecule has 5 heteroatoms. The maximum atomic E-state index is 5.58. The Morgan fingerprint density at radius 3 is 2.60 bits per heavy atom. The highest BCUT2D eigenvalue weighted by molar-refractivity contribution is 5.95. The lowest BCUT2D eigenvalue weighted by molar-refractivity contribution is 0.354. The van der Waals surface area contributed by atoms with Gasteiger partial charge in [-0.1, -0.05) is 0 Å². The van der Waals surface area contributed by atoms with E-state index in [1.54, 1.807) is 14.2 Å². The number of methoxy groups -OCH3 is 2. The lowest BCUT2D eigenvalue weighted by atomic mass is 10.1. The van der Waals surface area contributed by atoms with Gasteiger partial charge in [-0.2, -0.15) is 0 Å². The maximum Gasteiger partial charge on any atom is 0.193 e. The molecule has 15 heavy (non-hydrogen) atoms. The number of nitrogens with two attached hydrogens (primary N) is 1. The van der Waals surface area contributed by atoms with E-state index < -0.39 is 0 Å². The number of guanidine groups is 1. The van der Waals surface area contributed by atoms with E-state index in [9.17, 15) is 0 Å². The largest absolute Gasteiger partial charge is 0.493 e. The molecule has 0 saturated carbocycles. The summed E-state index contributed by atoms with van der Waals surface area (Å²) in [6.07, 6.45) is 0. The van der Waals surface area contributed by atoms with E-state index in [0.29, 0.717) is 24.0 Å². The Balaban J connectivity index is 2.44. The Morgan fingerprint density at radius 1 is 1.27 bits per heavy atom. The maximum absolute atomic E-state index is 5.58. The predicted octanol–water partition coefficient (Wildman–Crippen LogP) is 0.944. The van der Waals surface area contributed by atoms with Crippen molar-refractivity contribution in [2.24, 2.45) is 10.7 Å². The number of nitrogens with one attached hydrogen (secondary N) is 1. The molecule has 1 aromatic carbocycles. The average molecular weight is 207 g/mol. The topological polar surface area (TPSA) is 68.9 Å². The van der Waals surface area contributed by atoms with Crippen LogP contribution in [-0.4, -0.2) is 20.2 Å². The lowest BCUT2D eigenvalue weighted by Gasteiger charge is -2.18. The zero-order chi connectivity index (χ0) is 10.8. The molecule has 0 aromatic heterocycles. The fraction of sp³-hybridized carbons (Fsp3) is 0.300. The smallest absolute Gasteiger partial charge is 0.193 e. The molecule has 0 saturated heterocycles. The van der Waals surface area contributed by atoms with E-state index in [2.05, 4.69) is 10.3 Å². The second-order valence-electron chi connectivity index (χ2n) is 3.19. The Kier molecular flexibility index (Phi) is 2.37. The summed E-state index contributed by atoms with van der Waals surface area (Å²) in [6, 6.07) is 3.76. The third kappa shape index (κ3) is 1.68. The van der Waals surface area contributed by atoms with Crippen LogP contribution in [0.2, 0.25) is 0 Å². The first-order chi connectivity index (χ1) is 7.24. The molecule has 80 valence electrons. The van der Waals surface area contributed by atoms with Gasteiger partial charge in [-0.15, -0.1) is 0 Å². The SMILES string of the molecule is COc1cc2c(cc1OC)NC(N)=NC2. The van der Waals surface area contributed by atoms with Gasteiger partial charge in [0, 0.05) is 17.3 Å². The Morgan fingerprint density at radius 2 is 1.93 bits per heavy atom. The van der Waals surface area contributed by atoms with Crippen molar-refractivity contribution in [3.05, 3.63) is 17.7 Å². The van der Waals surface area contributed by atoms with Gasteiger partial charge in [0.25, 0.3) is 0 Å². The molecule has 0 atom stereocenters. The highest BCUT2D eigenvalue weighted by atomic mass is 16.5. The first-order valence-electron chi connectivity index (χ1n) is 4.56. The van der Waals surface area contributed by atoms with Crippen LogP contribution in [0.3, 0.4) is 0 Å². The van der Waals surface area contributed by atoms with Crippen LogP contribution in [0.4, 0.5) is 5.69 Å². The van der Waals surface area contributed by atoms with Gasteiger partial charge in [-0.3, -0.25) is 0 Å². The van der Waals surface area contributed by atoms with Crippen LogP contribution < -0.4 is 20.5 Å². The van der Waals surface area contributed by atoms with Gasteiger partial charge < -0.3 is 20.5 Å². The van der Waals surface area contributed by atoms with Crippen molar-refractivity contribution in [1.29, 1.82) is 0 Å². The van der Waals surface area contributed by atoms with Gasteiger partial charge in [0.1, 0.15) is 0 Å². The number of anilines is 1. The third-order valence-electron chi connectivity index (χ3n) is 2.29. The van der Waals surface area contributed by atoms with Gasteiger partial charge in [0.05, 0.1) is 20.8 Å². The van der Waals surface area contributed by atoms with Crippen LogP contribution in [0.25, 0.3) is 0 Å². The Hall–Kier alpha value is -1.91. The molecule has 0 unspecified atom stereocenters. The number of hydrogen-bond donors (Lipinski definition) is 2. The summed E-state index contributed by atoms with van der Waals surface area (Å²) in [5, 5.41) is 2.98. The number of aliphatic imine (C=N–C) groups is 1. The standard InChI is InChI=1S/C10H13N3O2/c1-14-8-3-6-5-12-10(11)13-7(6)4-9(8)15-2/h3-4H,5H2,1-2H3,(H3,11,12,13). The second-order valence-corrected chi connectivity index (χ2v) is 3.19. The van der Waals surface area contributed by atoms with Crippen molar-refractivity contribution in [1.82, 2.24) is 0 Å². The van der Waals surface area contributed by atoms with Crippen molar-refractivity contribution in [3.63, 3.8) is 0 Å². The minimum absolute atomic E-state index is 0.426. The third-order valence-corrected chi connectivity index (χ3v) is 2.29. The molecule has 1 heterocycles.